The molecule has 0 aromatic carbocycles. The maximum Gasteiger partial charge on any atom is 0.326 e. The maximum absolute atomic E-state index is 12.6. The van der Waals surface area contributed by atoms with Crippen molar-refractivity contribution in [1.29, 1.82) is 0 Å². The summed E-state index contributed by atoms with van der Waals surface area (Å²) in [5.41, 5.74) is 0.650. The van der Waals surface area contributed by atoms with Gasteiger partial charge in [0.25, 0.3) is 0 Å². The van der Waals surface area contributed by atoms with Gasteiger partial charge in [-0.05, 0) is 57.9 Å². The van der Waals surface area contributed by atoms with Gasteiger partial charge in [0.15, 0.2) is 0 Å². The smallest absolute Gasteiger partial charge is 0.326 e. The number of nitrogens with one attached hydrogen (secondary N) is 1. The van der Waals surface area contributed by atoms with E-state index >= 15 is 0 Å². The average molecular weight is 291 g/mol. The Kier molecular flexibility index (Phi) is 4.02. The molecule has 21 heavy (non-hydrogen) atoms. The molecule has 2 aliphatic rings. The largest absolute Gasteiger partial charge is 0.465 e. The molecular formula is C16H25N3O2. The minimum atomic E-state index is -0.514. The molecule has 5 heteroatoms. The van der Waals surface area contributed by atoms with Gasteiger partial charge >= 0.3 is 5.97 Å². The lowest BCUT2D eigenvalue weighted by atomic mass is 9.78. The van der Waals surface area contributed by atoms with E-state index < -0.39 is 5.54 Å². The highest BCUT2D eigenvalue weighted by Gasteiger charge is 2.47. The van der Waals surface area contributed by atoms with E-state index in [1.807, 2.05) is 24.7 Å². The number of hydrogen-bond donors (Lipinski definition) is 1. The van der Waals surface area contributed by atoms with Crippen LogP contribution in [0.4, 0.5) is 0 Å². The molecule has 0 radical (unpaired) electrons. The Labute approximate surface area is 126 Å². The van der Waals surface area contributed by atoms with Crippen LogP contribution in [0.2, 0.25) is 0 Å². The fraction of sp³-hybridized carbons (Fsp3) is 0.750. The number of carbonyl (C=O) groups excluding carboxylic acids is 1. The van der Waals surface area contributed by atoms with Gasteiger partial charge in [-0.1, -0.05) is 0 Å². The van der Waals surface area contributed by atoms with E-state index in [4.69, 9.17) is 4.74 Å². The van der Waals surface area contributed by atoms with E-state index in [1.54, 1.807) is 0 Å². The minimum absolute atomic E-state index is 0.0783. The standard InChI is InChI=1S/C16H25N3O2/c1-3-21-15(20)16(18-13-6-7-13)8-4-5-14(9-16)19-11-12(2)10-17-19/h10-11,13-14,18H,3-9H2,1-2H3. The molecule has 0 aliphatic heterocycles. The lowest BCUT2D eigenvalue weighted by Crippen LogP contribution is -2.56. The van der Waals surface area contributed by atoms with Crippen LogP contribution < -0.4 is 5.32 Å². The van der Waals surface area contributed by atoms with Gasteiger partial charge in [0.2, 0.25) is 0 Å². The van der Waals surface area contributed by atoms with E-state index in [2.05, 4.69) is 16.6 Å². The first kappa shape index (κ1) is 14.6. The highest BCUT2D eigenvalue weighted by atomic mass is 16.5. The highest BCUT2D eigenvalue weighted by molar-refractivity contribution is 5.81. The number of esters is 1. The molecule has 0 bridgehead atoms. The highest BCUT2D eigenvalue weighted by Crippen LogP contribution is 2.38. The van der Waals surface area contributed by atoms with Gasteiger partial charge in [-0.15, -0.1) is 0 Å². The van der Waals surface area contributed by atoms with Crippen molar-refractivity contribution in [1.82, 2.24) is 15.1 Å². The predicted octanol–water partition coefficient (Wildman–Crippen LogP) is 2.36. The summed E-state index contributed by atoms with van der Waals surface area (Å²) in [6.45, 7) is 4.37. The lowest BCUT2D eigenvalue weighted by molar-refractivity contribution is -0.153. The third-order valence-electron chi connectivity index (χ3n) is 4.55. The molecule has 1 heterocycles. The topological polar surface area (TPSA) is 56.1 Å². The van der Waals surface area contributed by atoms with Crippen molar-refractivity contribution in [3.05, 3.63) is 18.0 Å². The van der Waals surface area contributed by atoms with Gasteiger partial charge < -0.3 is 4.74 Å². The summed E-state index contributed by atoms with van der Waals surface area (Å²) in [4.78, 5) is 12.6. The summed E-state index contributed by atoms with van der Waals surface area (Å²) >= 11 is 0. The Morgan fingerprint density at radius 1 is 1.52 bits per heavy atom. The van der Waals surface area contributed by atoms with Crippen LogP contribution >= 0.6 is 0 Å². The summed E-state index contributed by atoms with van der Waals surface area (Å²) in [6, 6.07) is 0.774. The molecule has 1 N–H and O–H groups in total. The maximum atomic E-state index is 12.6. The summed E-state index contributed by atoms with van der Waals surface area (Å²) in [5.74, 6) is -0.0783. The Bertz CT molecular complexity index is 509. The second-order valence-electron chi connectivity index (χ2n) is 6.47. The zero-order valence-corrected chi connectivity index (χ0v) is 13.0. The zero-order chi connectivity index (χ0) is 14.9. The monoisotopic (exact) mass is 291 g/mol. The SMILES string of the molecule is CCOC(=O)C1(NC2CC2)CCCC(n2cc(C)cn2)C1. The number of ether oxygens (including phenoxy) is 1. The van der Waals surface area contributed by atoms with Crippen molar-refractivity contribution < 1.29 is 9.53 Å². The first-order valence-electron chi connectivity index (χ1n) is 8.08. The molecule has 1 aromatic rings. The second-order valence-corrected chi connectivity index (χ2v) is 6.47. The molecule has 2 aliphatic carbocycles. The Morgan fingerprint density at radius 2 is 2.33 bits per heavy atom. The Hall–Kier alpha value is -1.36. The molecule has 1 aromatic heterocycles. The normalized spacial score (nSPS) is 29.3. The predicted molar refractivity (Wildman–Crippen MR) is 80.0 cm³/mol. The first-order chi connectivity index (χ1) is 10.1. The quantitative estimate of drug-likeness (QED) is 0.846. The van der Waals surface area contributed by atoms with E-state index in [0.29, 0.717) is 12.6 Å². The number of rotatable bonds is 5. The summed E-state index contributed by atoms with van der Waals surface area (Å²) in [7, 11) is 0. The van der Waals surface area contributed by atoms with Crippen LogP contribution in [0.1, 0.15) is 57.1 Å². The van der Waals surface area contributed by atoms with Gasteiger partial charge in [0.1, 0.15) is 5.54 Å². The molecule has 2 atom stereocenters. The zero-order valence-electron chi connectivity index (χ0n) is 13.0. The van der Waals surface area contributed by atoms with Crippen molar-refractivity contribution in [2.45, 2.75) is 70.0 Å². The van der Waals surface area contributed by atoms with Crippen LogP contribution in [-0.4, -0.2) is 33.9 Å². The van der Waals surface area contributed by atoms with Gasteiger partial charge in [0, 0.05) is 12.2 Å². The van der Waals surface area contributed by atoms with Gasteiger partial charge in [-0.3, -0.25) is 14.8 Å². The van der Waals surface area contributed by atoms with Crippen LogP contribution in [0, 0.1) is 6.92 Å². The van der Waals surface area contributed by atoms with Crippen LogP contribution in [0.25, 0.3) is 0 Å². The molecule has 116 valence electrons. The molecule has 0 spiro atoms. The van der Waals surface area contributed by atoms with Crippen LogP contribution in [0.15, 0.2) is 12.4 Å². The van der Waals surface area contributed by atoms with E-state index in [0.717, 1.165) is 31.2 Å². The third-order valence-corrected chi connectivity index (χ3v) is 4.55. The Morgan fingerprint density at radius 3 is 2.95 bits per heavy atom. The number of aryl methyl sites for hydroxylation is 1. The van der Waals surface area contributed by atoms with Crippen molar-refractivity contribution >= 4 is 5.97 Å². The lowest BCUT2D eigenvalue weighted by Gasteiger charge is -2.39. The molecule has 5 nitrogen and oxygen atoms in total. The number of hydrogen-bond acceptors (Lipinski definition) is 4. The van der Waals surface area contributed by atoms with Crippen LogP contribution in [-0.2, 0) is 9.53 Å². The number of nitrogens with zero attached hydrogens (tertiary/aromatic N) is 2. The van der Waals surface area contributed by atoms with Crippen LogP contribution in [0.3, 0.4) is 0 Å². The van der Waals surface area contributed by atoms with E-state index in [-0.39, 0.29) is 12.0 Å². The van der Waals surface area contributed by atoms with Crippen LogP contribution in [0.5, 0.6) is 0 Å². The fourth-order valence-electron chi connectivity index (χ4n) is 3.37. The Balaban J connectivity index is 1.79. The summed E-state index contributed by atoms with van der Waals surface area (Å²) < 4.78 is 7.40. The van der Waals surface area contributed by atoms with Gasteiger partial charge in [-0.25, -0.2) is 0 Å². The van der Waals surface area contributed by atoms with E-state index in [9.17, 15) is 4.79 Å². The molecular weight excluding hydrogens is 266 g/mol. The number of aromatic nitrogens is 2. The average Bonchev–Trinajstić information content (AvgIpc) is 3.17. The van der Waals surface area contributed by atoms with Gasteiger partial charge in [0.05, 0.1) is 18.8 Å². The second kappa shape index (κ2) is 5.79. The van der Waals surface area contributed by atoms with E-state index in [1.165, 1.54) is 12.8 Å². The van der Waals surface area contributed by atoms with Gasteiger partial charge in [-0.2, -0.15) is 5.10 Å². The molecule has 0 amide bonds. The minimum Gasteiger partial charge on any atom is -0.465 e. The fourth-order valence-corrected chi connectivity index (χ4v) is 3.37. The van der Waals surface area contributed by atoms with Crippen molar-refractivity contribution in [2.75, 3.05) is 6.61 Å². The van der Waals surface area contributed by atoms with Crippen molar-refractivity contribution in [3.8, 4) is 0 Å². The molecule has 3 rings (SSSR count). The number of carbonyl (C=O) groups is 1. The molecule has 2 unspecified atom stereocenters. The summed E-state index contributed by atoms with van der Waals surface area (Å²) in [6.07, 6.45) is 10.1. The molecule has 0 saturated heterocycles. The van der Waals surface area contributed by atoms with Crippen molar-refractivity contribution in [2.24, 2.45) is 0 Å². The molecule has 2 fully saturated rings. The molecule has 2 saturated carbocycles. The first-order valence-corrected chi connectivity index (χ1v) is 8.08. The van der Waals surface area contributed by atoms with Crippen molar-refractivity contribution in [3.63, 3.8) is 0 Å². The third kappa shape index (κ3) is 3.12. The summed E-state index contributed by atoms with van der Waals surface area (Å²) in [5, 5.41) is 8.02.